The number of aliphatic hydroxyl groups excluding tert-OH is 3. The molecule has 0 aliphatic heterocycles. The predicted octanol–water partition coefficient (Wildman–Crippen LogP) is 10.2. The number of esters is 2. The highest BCUT2D eigenvalue weighted by Crippen LogP contribution is 2.38. The van der Waals surface area contributed by atoms with Gasteiger partial charge in [0, 0.05) is 25.7 Å². The Morgan fingerprint density at radius 3 is 1.76 bits per heavy atom. The van der Waals surface area contributed by atoms with Crippen LogP contribution in [0.25, 0.3) is 0 Å². The Kier molecular flexibility index (Phi) is 34.4. The summed E-state index contributed by atoms with van der Waals surface area (Å²) in [5.74, 6) is 1.16. The molecule has 0 aromatic carbocycles. The third-order valence-corrected chi connectivity index (χ3v) is 12.4. The normalized spacial score (nSPS) is 15.3. The molecule has 66 heavy (non-hydrogen) atoms. The number of unbranched alkanes of at least 4 members (excludes halogenated alkanes) is 13. The molecule has 0 aliphatic carbocycles. The molecule has 0 aliphatic rings. The quantitative estimate of drug-likeness (QED) is 0.0186. The molecule has 3 N–H and O–H groups in total. The van der Waals surface area contributed by atoms with Crippen molar-refractivity contribution >= 4 is 19.8 Å². The first-order valence-electron chi connectivity index (χ1n) is 25.0. The maximum absolute atomic E-state index is 12.8. The molecule has 14 heteroatoms. The molecule has 5 atom stereocenters. The first-order valence-corrected chi connectivity index (χ1v) is 26.5. The Bertz CT molecular complexity index is 1600. The van der Waals surface area contributed by atoms with Gasteiger partial charge in [-0.05, 0) is 63.5 Å². The molecule has 0 saturated heterocycles. The number of ether oxygens (including phenoxy) is 2. The van der Waals surface area contributed by atoms with Crippen LogP contribution in [-0.2, 0) is 45.5 Å². The van der Waals surface area contributed by atoms with Gasteiger partial charge in [-0.3, -0.25) is 14.2 Å². The molecular formula is C52H90NO12P. The minimum absolute atomic E-state index is 0.0916. The zero-order valence-corrected chi connectivity index (χ0v) is 42.8. The van der Waals surface area contributed by atoms with Crippen molar-refractivity contribution in [3.05, 3.63) is 71.3 Å². The summed E-state index contributed by atoms with van der Waals surface area (Å²) in [6.45, 7) is 8.04. The Labute approximate surface area is 398 Å². The van der Waals surface area contributed by atoms with Gasteiger partial charge < -0.3 is 47.6 Å². The van der Waals surface area contributed by atoms with E-state index in [1.54, 1.807) is 42.5 Å². The van der Waals surface area contributed by atoms with E-state index in [9.17, 15) is 34.4 Å². The number of aryl methyl sites for hydroxylation is 2. The van der Waals surface area contributed by atoms with Gasteiger partial charge in [0.05, 0.1) is 46.1 Å². The molecule has 0 saturated carbocycles. The van der Waals surface area contributed by atoms with Crippen LogP contribution in [0.4, 0.5) is 0 Å². The average Bonchev–Trinajstić information content (AvgIpc) is 3.53. The number of allylic oxidation sites excluding steroid dienone is 6. The van der Waals surface area contributed by atoms with Crippen LogP contribution in [0, 0.1) is 13.8 Å². The van der Waals surface area contributed by atoms with E-state index >= 15 is 0 Å². The molecule has 0 amide bonds. The number of phosphoric ester groups is 1. The number of aliphatic hydroxyl groups is 3. The smallest absolute Gasteiger partial charge is 0.306 e. The van der Waals surface area contributed by atoms with Crippen LogP contribution >= 0.6 is 7.82 Å². The summed E-state index contributed by atoms with van der Waals surface area (Å²) in [7, 11) is 0.929. The number of hydrogen-bond donors (Lipinski definition) is 3. The summed E-state index contributed by atoms with van der Waals surface area (Å²) < 4.78 is 40.0. The van der Waals surface area contributed by atoms with E-state index in [2.05, 4.69) is 27.7 Å². The zero-order valence-electron chi connectivity index (χ0n) is 41.9. The summed E-state index contributed by atoms with van der Waals surface area (Å²) >= 11 is 0. The Morgan fingerprint density at radius 1 is 0.652 bits per heavy atom. The average molecular weight is 952 g/mol. The topological polar surface area (TPSA) is 185 Å². The minimum atomic E-state index is -4.74. The lowest BCUT2D eigenvalue weighted by atomic mass is 10.0. The fraction of sp³-hybridized carbons (Fsp3) is 0.731. The number of likely N-dealkylation sites (N-methyl/N-ethyl adjacent to an activating group) is 1. The van der Waals surface area contributed by atoms with E-state index in [0.29, 0.717) is 17.4 Å². The molecule has 0 fully saturated rings. The number of nitrogens with zero attached hydrogens (tertiary/aromatic N) is 1. The fourth-order valence-corrected chi connectivity index (χ4v) is 7.77. The van der Waals surface area contributed by atoms with Gasteiger partial charge in [-0.1, -0.05) is 146 Å². The molecule has 1 unspecified atom stereocenters. The van der Waals surface area contributed by atoms with Gasteiger partial charge in [-0.15, -0.1) is 0 Å². The monoisotopic (exact) mass is 952 g/mol. The SMILES string of the molecule is CCCCCc1oc(CCCCCCCCCCCCC(=O)OC[C@H](COP(=O)([O-])OCC[N+](C)(C)C)OC(=O)CCC[C@H](O)[C@@H](O)/C=C/C=C/C=C\C=C\[C@@H](O)CCCCC)c(C)c1C. The zero-order chi connectivity index (χ0) is 49.1. The first kappa shape index (κ1) is 61.1. The van der Waals surface area contributed by atoms with Crippen LogP contribution in [-0.4, -0.2) is 104 Å². The molecule has 13 nitrogen and oxygen atoms in total. The lowest BCUT2D eigenvalue weighted by Crippen LogP contribution is -2.37. The van der Waals surface area contributed by atoms with Crippen molar-refractivity contribution in [3.8, 4) is 0 Å². The van der Waals surface area contributed by atoms with Gasteiger partial charge >= 0.3 is 11.9 Å². The van der Waals surface area contributed by atoms with Gasteiger partial charge in [0.2, 0.25) is 0 Å². The summed E-state index contributed by atoms with van der Waals surface area (Å²) in [6.07, 6.45) is 30.4. The maximum Gasteiger partial charge on any atom is 0.306 e. The van der Waals surface area contributed by atoms with Gasteiger partial charge in [-0.25, -0.2) is 0 Å². The number of quaternary nitrogens is 1. The minimum Gasteiger partial charge on any atom is -0.756 e. The molecule has 0 radical (unpaired) electrons. The van der Waals surface area contributed by atoms with E-state index in [0.717, 1.165) is 70.6 Å². The number of carbonyl (C=O) groups is 2. The van der Waals surface area contributed by atoms with Crippen molar-refractivity contribution in [2.24, 2.45) is 0 Å². The number of furan rings is 1. The molecular weight excluding hydrogens is 862 g/mol. The molecule has 0 bridgehead atoms. The van der Waals surface area contributed by atoms with Gasteiger partial charge in [0.1, 0.15) is 31.3 Å². The third-order valence-electron chi connectivity index (χ3n) is 11.4. The van der Waals surface area contributed by atoms with Crippen molar-refractivity contribution in [3.63, 3.8) is 0 Å². The van der Waals surface area contributed by atoms with Crippen LogP contribution < -0.4 is 4.89 Å². The van der Waals surface area contributed by atoms with Crippen molar-refractivity contribution in [2.45, 2.75) is 200 Å². The van der Waals surface area contributed by atoms with E-state index in [-0.39, 0.29) is 32.3 Å². The highest BCUT2D eigenvalue weighted by atomic mass is 31.2. The summed E-state index contributed by atoms with van der Waals surface area (Å²) in [4.78, 5) is 37.8. The van der Waals surface area contributed by atoms with E-state index < -0.39 is 57.4 Å². The van der Waals surface area contributed by atoms with E-state index in [1.807, 2.05) is 21.1 Å². The molecule has 0 spiro atoms. The van der Waals surface area contributed by atoms with Crippen LogP contribution in [0.5, 0.6) is 0 Å². The first-order chi connectivity index (χ1) is 31.5. The van der Waals surface area contributed by atoms with Crippen LogP contribution in [0.3, 0.4) is 0 Å². The third kappa shape index (κ3) is 32.8. The Morgan fingerprint density at radius 2 is 1.17 bits per heavy atom. The molecule has 1 heterocycles. The largest absolute Gasteiger partial charge is 0.756 e. The van der Waals surface area contributed by atoms with Crippen molar-refractivity contribution in [2.75, 3.05) is 47.5 Å². The Balaban J connectivity index is 2.43. The summed E-state index contributed by atoms with van der Waals surface area (Å²) in [5.41, 5.74) is 2.66. The molecule has 1 aromatic rings. The van der Waals surface area contributed by atoms with Crippen LogP contribution in [0.1, 0.15) is 171 Å². The maximum atomic E-state index is 12.8. The lowest BCUT2D eigenvalue weighted by molar-refractivity contribution is -0.870. The molecule has 1 rings (SSSR count). The lowest BCUT2D eigenvalue weighted by Gasteiger charge is -2.28. The second kappa shape index (κ2) is 37.1. The number of carbonyl (C=O) groups excluding carboxylic acids is 2. The second-order valence-corrected chi connectivity index (χ2v) is 20.0. The van der Waals surface area contributed by atoms with Crippen LogP contribution in [0.2, 0.25) is 0 Å². The van der Waals surface area contributed by atoms with Crippen molar-refractivity contribution in [1.29, 1.82) is 0 Å². The Hall–Kier alpha value is -2.87. The highest BCUT2D eigenvalue weighted by molar-refractivity contribution is 7.45. The van der Waals surface area contributed by atoms with Crippen molar-refractivity contribution < 1.29 is 61.8 Å². The second-order valence-electron chi connectivity index (χ2n) is 18.6. The highest BCUT2D eigenvalue weighted by Gasteiger charge is 2.22. The number of phosphoric acid groups is 1. The van der Waals surface area contributed by atoms with Crippen LogP contribution in [0.15, 0.2) is 53.0 Å². The van der Waals surface area contributed by atoms with E-state index in [4.69, 9.17) is 22.9 Å². The fourth-order valence-electron chi connectivity index (χ4n) is 7.04. The summed E-state index contributed by atoms with van der Waals surface area (Å²) in [6, 6.07) is 0. The standard InChI is InChI=1S/C52H90NO12P/c1-8-10-24-31-45(54)32-26-20-18-19-21-27-33-47(55)48(56)34-30-38-52(58)64-46(42-63-66(59,60)62-40-39-53(5,6)7)41-61-51(57)37-29-23-17-15-13-12-14-16-22-28-36-50-44(4)43(3)49(65-50)35-25-11-9-2/h18-21,26-27,32-33,45-48,54-56H,8-17,22-25,28-31,34-42H2,1-7H3/b20-18-,21-19+,32-26+,33-27+/t45-,46+,47-,48-/m0/s1. The van der Waals surface area contributed by atoms with Gasteiger partial charge in [-0.2, -0.15) is 0 Å². The molecule has 1 aromatic heterocycles. The summed E-state index contributed by atoms with van der Waals surface area (Å²) in [5, 5.41) is 30.7. The van der Waals surface area contributed by atoms with Gasteiger partial charge in [0.25, 0.3) is 7.82 Å². The number of rotatable bonds is 41. The number of hydrogen-bond acceptors (Lipinski definition) is 12. The predicted molar refractivity (Wildman–Crippen MR) is 262 cm³/mol. The van der Waals surface area contributed by atoms with Gasteiger partial charge in [0.15, 0.2) is 6.10 Å². The van der Waals surface area contributed by atoms with E-state index in [1.165, 1.54) is 73.7 Å². The molecule has 380 valence electrons. The van der Waals surface area contributed by atoms with Crippen molar-refractivity contribution in [1.82, 2.24) is 0 Å².